The molecular weight excluding hydrogens is 374 g/mol. The van der Waals surface area contributed by atoms with Gasteiger partial charge in [0.25, 0.3) is 0 Å². The second-order valence-electron chi connectivity index (χ2n) is 7.73. The summed E-state index contributed by atoms with van der Waals surface area (Å²) in [6.07, 6.45) is 5.48. The lowest BCUT2D eigenvalue weighted by molar-refractivity contribution is 0.620. The minimum absolute atomic E-state index is 0.210. The van der Waals surface area contributed by atoms with Crippen LogP contribution in [0.1, 0.15) is 22.4 Å². The molecule has 2 aromatic carbocycles. The maximum absolute atomic E-state index is 4.66. The Balaban J connectivity index is 1.63. The summed E-state index contributed by atoms with van der Waals surface area (Å²) in [5.74, 6) is 0. The molecule has 1 aliphatic rings. The van der Waals surface area contributed by atoms with Gasteiger partial charge in [0.05, 0.1) is 4.88 Å². The van der Waals surface area contributed by atoms with Gasteiger partial charge in [0.2, 0.25) is 0 Å². The molecule has 1 atom stereocenters. The number of thiophene rings is 1. The Bertz CT molecular complexity index is 1140. The van der Waals surface area contributed by atoms with Crippen molar-refractivity contribution in [3.05, 3.63) is 101 Å². The van der Waals surface area contributed by atoms with Crippen LogP contribution in [0.15, 0.2) is 78.2 Å². The zero-order chi connectivity index (χ0) is 19.8. The molecule has 1 N–H and O–H groups in total. The van der Waals surface area contributed by atoms with Gasteiger partial charge in [-0.3, -0.25) is 5.10 Å². The Morgan fingerprint density at radius 2 is 1.69 bits per heavy atom. The molecule has 0 aliphatic heterocycles. The molecule has 0 radical (unpaired) electrons. The first-order valence-corrected chi connectivity index (χ1v) is 10.7. The Hall–Kier alpha value is -3.11. The van der Waals surface area contributed by atoms with Crippen molar-refractivity contribution >= 4 is 23.1 Å². The van der Waals surface area contributed by atoms with Crippen molar-refractivity contribution in [2.75, 3.05) is 19.0 Å². The monoisotopic (exact) mass is 397 g/mol. The van der Waals surface area contributed by atoms with E-state index in [9.17, 15) is 0 Å². The molecule has 0 saturated carbocycles. The Morgan fingerprint density at radius 3 is 2.38 bits per heavy atom. The topological polar surface area (TPSA) is 31.9 Å². The van der Waals surface area contributed by atoms with Crippen LogP contribution in [0.5, 0.6) is 0 Å². The highest BCUT2D eigenvalue weighted by atomic mass is 32.1. The lowest BCUT2D eigenvalue weighted by Gasteiger charge is -2.34. The van der Waals surface area contributed by atoms with E-state index in [0.29, 0.717) is 0 Å². The lowest BCUT2D eigenvalue weighted by Crippen LogP contribution is -2.30. The minimum Gasteiger partial charge on any atom is -0.378 e. The summed E-state index contributed by atoms with van der Waals surface area (Å²) in [6.45, 7) is 0. The molecule has 4 heteroatoms. The van der Waals surface area contributed by atoms with E-state index in [4.69, 9.17) is 0 Å². The first-order chi connectivity index (χ1) is 14.2. The fourth-order valence-corrected chi connectivity index (χ4v) is 4.95. The summed E-state index contributed by atoms with van der Waals surface area (Å²) >= 11 is 1.73. The van der Waals surface area contributed by atoms with Gasteiger partial charge in [0, 0.05) is 42.9 Å². The van der Waals surface area contributed by atoms with Crippen LogP contribution in [0.25, 0.3) is 16.6 Å². The molecule has 0 amide bonds. The zero-order valence-corrected chi connectivity index (χ0v) is 17.4. The zero-order valence-electron chi connectivity index (χ0n) is 16.6. The van der Waals surface area contributed by atoms with Crippen molar-refractivity contribution in [3.8, 4) is 10.6 Å². The van der Waals surface area contributed by atoms with Crippen LogP contribution < -0.4 is 4.90 Å². The van der Waals surface area contributed by atoms with E-state index in [2.05, 4.69) is 113 Å². The maximum atomic E-state index is 4.66. The van der Waals surface area contributed by atoms with E-state index in [0.717, 1.165) is 12.1 Å². The first-order valence-electron chi connectivity index (χ1n) is 9.81. The largest absolute Gasteiger partial charge is 0.378 e. The van der Waals surface area contributed by atoms with Crippen LogP contribution in [-0.2, 0) is 11.8 Å². The molecule has 3 nitrogen and oxygen atoms in total. The van der Waals surface area contributed by atoms with E-state index < -0.39 is 0 Å². The third-order valence-corrected chi connectivity index (χ3v) is 6.69. The van der Waals surface area contributed by atoms with Crippen molar-refractivity contribution < 1.29 is 0 Å². The highest BCUT2D eigenvalue weighted by Gasteiger charge is 2.36. The SMILES string of the molecule is CN(C)c1ccc(C2(c3ccccc3)C=Cc3c(-c4cccs4)n[nH]c3C2)cc1. The van der Waals surface area contributed by atoms with Crippen LogP contribution in [0.2, 0.25) is 0 Å². The molecular formula is C25H23N3S. The molecule has 0 saturated heterocycles. The van der Waals surface area contributed by atoms with E-state index in [1.54, 1.807) is 11.3 Å². The minimum atomic E-state index is -0.210. The smallest absolute Gasteiger partial charge is 0.109 e. The van der Waals surface area contributed by atoms with E-state index in [-0.39, 0.29) is 5.41 Å². The number of H-pyrrole nitrogens is 1. The number of allylic oxidation sites excluding steroid dienone is 1. The number of aromatic amines is 1. The van der Waals surface area contributed by atoms with Crippen LogP contribution in [0.3, 0.4) is 0 Å². The molecule has 0 fully saturated rings. The summed E-state index contributed by atoms with van der Waals surface area (Å²) in [5, 5.41) is 10.1. The van der Waals surface area contributed by atoms with E-state index in [1.165, 1.54) is 32.9 Å². The average Bonchev–Trinajstić information content (AvgIpc) is 3.43. The number of anilines is 1. The van der Waals surface area contributed by atoms with Gasteiger partial charge >= 0.3 is 0 Å². The van der Waals surface area contributed by atoms with Crippen molar-refractivity contribution in [1.29, 1.82) is 0 Å². The van der Waals surface area contributed by atoms with Crippen LogP contribution in [0, 0.1) is 0 Å². The van der Waals surface area contributed by atoms with Crippen molar-refractivity contribution in [1.82, 2.24) is 10.2 Å². The summed E-state index contributed by atoms with van der Waals surface area (Å²) in [6, 6.07) is 23.9. The molecule has 1 unspecified atom stereocenters. The number of nitrogens with one attached hydrogen (secondary N) is 1. The molecule has 29 heavy (non-hydrogen) atoms. The molecule has 2 heterocycles. The van der Waals surface area contributed by atoms with Crippen LogP contribution in [0.4, 0.5) is 5.69 Å². The van der Waals surface area contributed by atoms with Crippen molar-refractivity contribution in [2.45, 2.75) is 11.8 Å². The van der Waals surface area contributed by atoms with Gasteiger partial charge in [0.1, 0.15) is 5.69 Å². The number of rotatable bonds is 4. The normalized spacial score (nSPS) is 17.9. The number of fused-ring (bicyclic) bond motifs is 1. The number of aromatic nitrogens is 2. The van der Waals surface area contributed by atoms with Gasteiger partial charge in [-0.2, -0.15) is 5.10 Å². The third kappa shape index (κ3) is 3.00. The molecule has 4 aromatic rings. The average molecular weight is 398 g/mol. The van der Waals surface area contributed by atoms with Gasteiger partial charge in [0.15, 0.2) is 0 Å². The third-order valence-electron chi connectivity index (χ3n) is 5.82. The Morgan fingerprint density at radius 1 is 0.931 bits per heavy atom. The molecule has 2 aromatic heterocycles. The fraction of sp³-hybridized carbons (Fsp3) is 0.160. The van der Waals surface area contributed by atoms with Gasteiger partial charge < -0.3 is 4.90 Å². The lowest BCUT2D eigenvalue weighted by atomic mass is 9.68. The van der Waals surface area contributed by atoms with Gasteiger partial charge in [-0.15, -0.1) is 11.3 Å². The van der Waals surface area contributed by atoms with E-state index >= 15 is 0 Å². The Kier molecular flexibility index (Phi) is 4.36. The standard InChI is InChI=1S/C25H23N3S/c1-28(2)20-12-10-19(11-13-20)25(18-7-4-3-5-8-18)15-14-21-22(17-25)26-27-24(21)23-9-6-16-29-23/h3-16H,17H2,1-2H3,(H,26,27). The summed E-state index contributed by atoms with van der Waals surface area (Å²) < 4.78 is 0. The van der Waals surface area contributed by atoms with Crippen molar-refractivity contribution in [3.63, 3.8) is 0 Å². The van der Waals surface area contributed by atoms with Crippen LogP contribution in [-0.4, -0.2) is 24.3 Å². The number of benzene rings is 2. The second-order valence-corrected chi connectivity index (χ2v) is 8.68. The first kappa shape index (κ1) is 18.0. The van der Waals surface area contributed by atoms with Crippen molar-refractivity contribution in [2.24, 2.45) is 0 Å². The second kappa shape index (κ2) is 7.05. The summed E-state index contributed by atoms with van der Waals surface area (Å²) in [4.78, 5) is 3.34. The Labute approximate surface area is 175 Å². The highest BCUT2D eigenvalue weighted by molar-refractivity contribution is 7.13. The predicted octanol–water partition coefficient (Wildman–Crippen LogP) is 5.76. The fourth-order valence-electron chi connectivity index (χ4n) is 4.22. The number of hydrogen-bond donors (Lipinski definition) is 1. The molecule has 144 valence electrons. The quantitative estimate of drug-likeness (QED) is 0.475. The van der Waals surface area contributed by atoms with Gasteiger partial charge in [-0.25, -0.2) is 0 Å². The highest BCUT2D eigenvalue weighted by Crippen LogP contribution is 2.43. The van der Waals surface area contributed by atoms with E-state index in [1.807, 2.05) is 0 Å². The van der Waals surface area contributed by atoms with Crippen LogP contribution >= 0.6 is 11.3 Å². The maximum Gasteiger partial charge on any atom is 0.109 e. The molecule has 0 spiro atoms. The molecule has 5 rings (SSSR count). The molecule has 0 bridgehead atoms. The predicted molar refractivity (Wildman–Crippen MR) is 123 cm³/mol. The van der Waals surface area contributed by atoms with Gasteiger partial charge in [-0.1, -0.05) is 60.7 Å². The molecule has 1 aliphatic carbocycles. The summed E-state index contributed by atoms with van der Waals surface area (Å²) in [7, 11) is 4.15. The van der Waals surface area contributed by atoms with Gasteiger partial charge in [-0.05, 0) is 34.7 Å². The number of hydrogen-bond acceptors (Lipinski definition) is 3. The number of nitrogens with zero attached hydrogens (tertiary/aromatic N) is 2. The summed E-state index contributed by atoms with van der Waals surface area (Å²) in [5.41, 5.74) is 7.05.